The normalized spacial score (nSPS) is 19.2. The number of carbonyl (C=O) groups excluding carboxylic acids is 1. The van der Waals surface area contributed by atoms with E-state index in [2.05, 4.69) is 4.90 Å². The van der Waals surface area contributed by atoms with E-state index in [1.54, 1.807) is 36.4 Å². The molecule has 1 fully saturated rings. The van der Waals surface area contributed by atoms with Crippen molar-refractivity contribution in [2.45, 2.75) is 37.8 Å². The minimum absolute atomic E-state index is 0.00429. The zero-order valence-corrected chi connectivity index (χ0v) is 21.9. The first kappa shape index (κ1) is 25.8. The van der Waals surface area contributed by atoms with Gasteiger partial charge in [0.2, 0.25) is 11.2 Å². The van der Waals surface area contributed by atoms with E-state index in [0.717, 1.165) is 12.1 Å². The fourth-order valence-corrected chi connectivity index (χ4v) is 6.14. The van der Waals surface area contributed by atoms with Gasteiger partial charge in [0.15, 0.2) is 11.2 Å². The number of aromatic hydroxyl groups is 1. The minimum Gasteiger partial charge on any atom is -0.502 e. The van der Waals surface area contributed by atoms with Gasteiger partial charge >= 0.3 is 5.97 Å². The lowest BCUT2D eigenvalue weighted by Gasteiger charge is -2.42. The van der Waals surface area contributed by atoms with Gasteiger partial charge in [0, 0.05) is 48.9 Å². The molecule has 1 saturated heterocycles. The number of carbonyl (C=O) groups is 1. The molecule has 1 N–H and O–H groups in total. The summed E-state index contributed by atoms with van der Waals surface area (Å²) in [7, 11) is 1.22. The van der Waals surface area contributed by atoms with Gasteiger partial charge in [-0.05, 0) is 30.5 Å². The molecule has 40 heavy (non-hydrogen) atoms. The summed E-state index contributed by atoms with van der Waals surface area (Å²) in [6, 6.07) is 13.3. The van der Waals surface area contributed by atoms with Crippen LogP contribution in [0.1, 0.15) is 47.5 Å². The lowest BCUT2D eigenvalue weighted by molar-refractivity contribution is -0.140. The molecule has 10 heteroatoms. The summed E-state index contributed by atoms with van der Waals surface area (Å²) in [6.45, 7) is 2.28. The van der Waals surface area contributed by atoms with Crippen LogP contribution in [0.25, 0.3) is 11.0 Å². The van der Waals surface area contributed by atoms with Gasteiger partial charge in [-0.25, -0.2) is 0 Å². The second-order valence-electron chi connectivity index (χ2n) is 10.5. The molecule has 3 aromatic heterocycles. The van der Waals surface area contributed by atoms with E-state index in [0.29, 0.717) is 36.4 Å². The van der Waals surface area contributed by atoms with Crippen LogP contribution in [0.4, 0.5) is 0 Å². The molecule has 206 valence electrons. The van der Waals surface area contributed by atoms with Crippen LogP contribution in [-0.4, -0.2) is 40.7 Å². The molecule has 0 amide bonds. The molecular weight excluding hydrogens is 516 g/mol. The number of likely N-dealkylation sites (tertiary alicyclic amines) is 1. The Balaban J connectivity index is 1.36. The molecule has 2 bridgehead atoms. The number of pyridine rings is 1. The molecule has 0 aliphatic carbocycles. The van der Waals surface area contributed by atoms with Crippen LogP contribution >= 0.6 is 0 Å². The number of para-hydroxylation sites is 1. The first-order chi connectivity index (χ1) is 19.3. The van der Waals surface area contributed by atoms with Crippen molar-refractivity contribution in [3.63, 3.8) is 0 Å². The molecule has 6 rings (SSSR count). The molecular formula is C30H28N2O8. The summed E-state index contributed by atoms with van der Waals surface area (Å²) in [5.41, 5.74) is 0.361. The van der Waals surface area contributed by atoms with Crippen molar-refractivity contribution in [1.29, 1.82) is 0 Å². The summed E-state index contributed by atoms with van der Waals surface area (Å²) >= 11 is 0. The monoisotopic (exact) mass is 544 g/mol. The van der Waals surface area contributed by atoms with Crippen LogP contribution in [0, 0.1) is 5.92 Å². The number of piperidine rings is 1. The fourth-order valence-electron chi connectivity index (χ4n) is 6.14. The van der Waals surface area contributed by atoms with Gasteiger partial charge in [-0.1, -0.05) is 18.2 Å². The van der Waals surface area contributed by atoms with Crippen LogP contribution in [0.5, 0.6) is 5.75 Å². The van der Waals surface area contributed by atoms with Crippen molar-refractivity contribution in [1.82, 2.24) is 9.47 Å². The van der Waals surface area contributed by atoms with E-state index in [4.69, 9.17) is 13.6 Å². The predicted octanol–water partition coefficient (Wildman–Crippen LogP) is 2.93. The third-order valence-electron chi connectivity index (χ3n) is 7.93. The molecule has 0 saturated carbocycles. The SMILES string of the molecule is COC(=O)CC(c1oc(CN2CC3CC(C2)c2cccc(=O)n2C3)cc(=O)c1O)c1coc2ccccc2c1=O. The van der Waals surface area contributed by atoms with Crippen molar-refractivity contribution in [3.8, 4) is 5.75 Å². The van der Waals surface area contributed by atoms with Crippen LogP contribution in [-0.2, 0) is 22.6 Å². The van der Waals surface area contributed by atoms with E-state index in [1.165, 1.54) is 19.4 Å². The topological polar surface area (TPSA) is 132 Å². The second-order valence-corrected chi connectivity index (χ2v) is 10.5. The van der Waals surface area contributed by atoms with Crippen molar-refractivity contribution < 1.29 is 23.5 Å². The van der Waals surface area contributed by atoms with Gasteiger partial charge in [-0.15, -0.1) is 0 Å². The standard InChI is InChI=1S/C30H28N2O8/c1-38-27(35)11-21(22-16-39-25-7-3-2-5-20(25)28(22)36)30-29(37)24(33)10-19(40-30)15-31-12-17-9-18(14-31)23-6-4-8-26(34)32(23)13-17/h2-8,10,16-18,21,37H,9,11-15H2,1H3. The highest BCUT2D eigenvalue weighted by Gasteiger charge is 2.35. The maximum atomic E-state index is 13.4. The number of ether oxygens (including phenoxy) is 1. The Morgan fingerprint density at radius 3 is 2.75 bits per heavy atom. The highest BCUT2D eigenvalue weighted by Crippen LogP contribution is 2.37. The highest BCUT2D eigenvalue weighted by molar-refractivity contribution is 5.77. The van der Waals surface area contributed by atoms with Crippen molar-refractivity contribution in [2.24, 2.45) is 5.92 Å². The number of nitrogens with zero attached hydrogens (tertiary/aromatic N) is 2. The van der Waals surface area contributed by atoms with Crippen molar-refractivity contribution in [3.05, 3.63) is 108 Å². The molecule has 1 aromatic carbocycles. The third kappa shape index (κ3) is 4.64. The molecule has 3 unspecified atom stereocenters. The molecule has 3 atom stereocenters. The number of benzene rings is 1. The number of hydrogen-bond acceptors (Lipinski definition) is 9. The van der Waals surface area contributed by atoms with Gasteiger partial charge in [-0.3, -0.25) is 24.1 Å². The van der Waals surface area contributed by atoms with Crippen LogP contribution in [0.3, 0.4) is 0 Å². The van der Waals surface area contributed by atoms with E-state index in [-0.39, 0.29) is 41.7 Å². The number of fused-ring (bicyclic) bond motifs is 5. The third-order valence-corrected chi connectivity index (χ3v) is 7.93. The van der Waals surface area contributed by atoms with Crippen LogP contribution in [0.2, 0.25) is 0 Å². The Morgan fingerprint density at radius 2 is 1.93 bits per heavy atom. The Kier molecular flexibility index (Phi) is 6.63. The molecule has 2 aliphatic rings. The number of rotatable bonds is 6. The maximum Gasteiger partial charge on any atom is 0.306 e. The molecule has 0 radical (unpaired) electrons. The minimum atomic E-state index is -1.11. The fraction of sp³-hybridized carbons (Fsp3) is 0.333. The lowest BCUT2D eigenvalue weighted by atomic mass is 9.83. The first-order valence-corrected chi connectivity index (χ1v) is 13.2. The summed E-state index contributed by atoms with van der Waals surface area (Å²) in [5, 5.41) is 11.1. The maximum absolute atomic E-state index is 13.4. The number of hydrogen-bond donors (Lipinski definition) is 1. The average Bonchev–Trinajstić information content (AvgIpc) is 2.95. The molecule has 2 aliphatic heterocycles. The van der Waals surface area contributed by atoms with E-state index in [1.807, 2.05) is 10.6 Å². The lowest BCUT2D eigenvalue weighted by Crippen LogP contribution is -2.46. The summed E-state index contributed by atoms with van der Waals surface area (Å²) < 4.78 is 18.4. The summed E-state index contributed by atoms with van der Waals surface area (Å²) in [6.07, 6.45) is 1.86. The van der Waals surface area contributed by atoms with Gasteiger partial charge in [0.1, 0.15) is 11.3 Å². The smallest absolute Gasteiger partial charge is 0.306 e. The predicted molar refractivity (Wildman–Crippen MR) is 144 cm³/mol. The van der Waals surface area contributed by atoms with Crippen molar-refractivity contribution >= 4 is 16.9 Å². The quantitative estimate of drug-likeness (QED) is 0.364. The Hall–Kier alpha value is -4.44. The Bertz CT molecular complexity index is 1790. The number of aromatic nitrogens is 1. The first-order valence-electron chi connectivity index (χ1n) is 13.2. The molecule has 10 nitrogen and oxygen atoms in total. The summed E-state index contributed by atoms with van der Waals surface area (Å²) in [5.74, 6) is -1.90. The average molecular weight is 545 g/mol. The number of esters is 1. The highest BCUT2D eigenvalue weighted by atomic mass is 16.5. The van der Waals surface area contributed by atoms with Crippen molar-refractivity contribution in [2.75, 3.05) is 20.2 Å². The van der Waals surface area contributed by atoms with Gasteiger partial charge in [0.25, 0.3) is 5.56 Å². The van der Waals surface area contributed by atoms with E-state index >= 15 is 0 Å². The van der Waals surface area contributed by atoms with Crippen LogP contribution < -0.4 is 16.4 Å². The van der Waals surface area contributed by atoms with E-state index in [9.17, 15) is 24.3 Å². The zero-order chi connectivity index (χ0) is 28.0. The Morgan fingerprint density at radius 1 is 1.10 bits per heavy atom. The molecule has 4 aromatic rings. The largest absolute Gasteiger partial charge is 0.502 e. The van der Waals surface area contributed by atoms with E-state index < -0.39 is 28.5 Å². The second kappa shape index (κ2) is 10.3. The molecule has 0 spiro atoms. The van der Waals surface area contributed by atoms with Gasteiger partial charge < -0.3 is 23.2 Å². The van der Waals surface area contributed by atoms with Gasteiger partial charge in [0.05, 0.1) is 37.6 Å². The zero-order valence-electron chi connectivity index (χ0n) is 21.9. The van der Waals surface area contributed by atoms with Crippen LogP contribution in [0.15, 0.2) is 78.0 Å². The number of methoxy groups -OCH3 is 1. The van der Waals surface area contributed by atoms with Gasteiger partial charge in [-0.2, -0.15) is 0 Å². The Labute approximate surface area is 228 Å². The summed E-state index contributed by atoms with van der Waals surface area (Å²) in [4.78, 5) is 53.2. The molecule has 5 heterocycles.